The van der Waals surface area contributed by atoms with Gasteiger partial charge in [-0.15, -0.1) is 0 Å². The van der Waals surface area contributed by atoms with Crippen LogP contribution >= 0.6 is 0 Å². The summed E-state index contributed by atoms with van der Waals surface area (Å²) >= 11 is 0. The van der Waals surface area contributed by atoms with Crippen molar-refractivity contribution in [2.75, 3.05) is 0 Å². The quantitative estimate of drug-likeness (QED) is 0.481. The largest absolute Gasteiger partial charge is 0.506 e. The summed E-state index contributed by atoms with van der Waals surface area (Å²) in [6, 6.07) is 16.9. The number of hydrogen-bond acceptors (Lipinski definition) is 3. The summed E-state index contributed by atoms with van der Waals surface area (Å²) in [6.07, 6.45) is 8.33. The molecular formula is C24H15O4+. The predicted molar refractivity (Wildman–Crippen MR) is 107 cm³/mol. The maximum atomic E-state index is 12.7. The molecule has 0 saturated heterocycles. The van der Waals surface area contributed by atoms with Gasteiger partial charge in [0.15, 0.2) is 0 Å². The van der Waals surface area contributed by atoms with Gasteiger partial charge in [0.1, 0.15) is 11.5 Å². The number of allylic oxidation sites excluding steroid dienone is 5. The summed E-state index contributed by atoms with van der Waals surface area (Å²) < 4.78 is 11.0. The van der Waals surface area contributed by atoms with Crippen LogP contribution in [-0.2, 0) is 4.79 Å². The van der Waals surface area contributed by atoms with Gasteiger partial charge in [0.05, 0.1) is 22.8 Å². The van der Waals surface area contributed by atoms with E-state index in [0.717, 1.165) is 33.4 Å². The minimum absolute atomic E-state index is 0.000235. The molecule has 4 nitrogen and oxygen atoms in total. The summed E-state index contributed by atoms with van der Waals surface area (Å²) in [6.45, 7) is 0. The van der Waals surface area contributed by atoms with Gasteiger partial charge >= 0.3 is 11.8 Å². The van der Waals surface area contributed by atoms with Crippen LogP contribution in [0.4, 0.5) is 0 Å². The van der Waals surface area contributed by atoms with E-state index in [9.17, 15) is 9.90 Å². The van der Waals surface area contributed by atoms with Crippen molar-refractivity contribution in [1.29, 1.82) is 0 Å². The number of carbonyl (C=O) groups excluding carboxylic acids is 1. The molecule has 2 heterocycles. The van der Waals surface area contributed by atoms with Crippen LogP contribution in [0, 0.1) is 0 Å². The molecule has 0 spiro atoms. The summed E-state index contributed by atoms with van der Waals surface area (Å²) in [5, 5.41) is 11.4. The van der Waals surface area contributed by atoms with Crippen LogP contribution in [0.3, 0.4) is 0 Å². The van der Waals surface area contributed by atoms with E-state index in [4.69, 9.17) is 9.15 Å². The van der Waals surface area contributed by atoms with Crippen LogP contribution in [0.1, 0.15) is 11.1 Å². The Hall–Kier alpha value is -3.92. The Labute approximate surface area is 161 Å². The maximum absolute atomic E-state index is 12.7. The molecule has 134 valence electrons. The highest BCUT2D eigenvalue weighted by Crippen LogP contribution is 2.37. The van der Waals surface area contributed by atoms with E-state index in [1.165, 1.54) is 0 Å². The molecule has 4 heteroatoms. The molecule has 1 aliphatic heterocycles. The zero-order valence-corrected chi connectivity index (χ0v) is 14.8. The molecule has 0 radical (unpaired) electrons. The van der Waals surface area contributed by atoms with E-state index in [1.54, 1.807) is 36.8 Å². The standard InChI is InChI=1S/C24H14O4/c25-23-19(13-15-9-11-27-21-7-3-1-5-17(15)21)24(26)20(23)14-16-10-12-28-22-8-4-2-6-18(16)22/h1-14H/p+1. The summed E-state index contributed by atoms with van der Waals surface area (Å²) in [5.74, 6) is 0.533. The number of carbonyl (C=O) groups is 1. The lowest BCUT2D eigenvalue weighted by Crippen LogP contribution is -2.21. The van der Waals surface area contributed by atoms with Crippen LogP contribution in [0.15, 0.2) is 101 Å². The second-order valence-corrected chi connectivity index (χ2v) is 6.54. The van der Waals surface area contributed by atoms with Crippen LogP contribution in [0.2, 0.25) is 0 Å². The Bertz CT molecular complexity index is 1250. The molecule has 1 N–H and O–H groups in total. The van der Waals surface area contributed by atoms with Crippen molar-refractivity contribution in [3.63, 3.8) is 0 Å². The number of fused-ring (bicyclic) bond motifs is 2. The van der Waals surface area contributed by atoms with E-state index in [-0.39, 0.29) is 11.5 Å². The molecule has 0 fully saturated rings. The summed E-state index contributed by atoms with van der Waals surface area (Å²) in [7, 11) is 0. The molecule has 0 bridgehead atoms. The van der Waals surface area contributed by atoms with Gasteiger partial charge in [-0.2, -0.15) is 0 Å². The third kappa shape index (κ3) is 2.55. The minimum Gasteiger partial charge on any atom is -0.506 e. The number of aliphatic hydroxyl groups is 1. The van der Waals surface area contributed by atoms with Gasteiger partial charge in [0.25, 0.3) is 0 Å². The first kappa shape index (κ1) is 16.3. The number of para-hydroxylation sites is 2. The van der Waals surface area contributed by atoms with Crippen molar-refractivity contribution in [2.45, 2.75) is 0 Å². The molecular weight excluding hydrogens is 352 g/mol. The van der Waals surface area contributed by atoms with Crippen molar-refractivity contribution in [1.82, 2.24) is 0 Å². The second kappa shape index (κ2) is 6.35. The molecule has 5 rings (SSSR count). The topological polar surface area (TPSA) is 57.8 Å². The highest BCUT2D eigenvalue weighted by atomic mass is 16.5. The van der Waals surface area contributed by atoms with Crippen molar-refractivity contribution in [2.24, 2.45) is 0 Å². The van der Waals surface area contributed by atoms with Gasteiger partial charge in [-0.1, -0.05) is 30.3 Å². The van der Waals surface area contributed by atoms with Gasteiger partial charge in [-0.05, 0) is 35.9 Å². The maximum Gasteiger partial charge on any atom is 0.360 e. The second-order valence-electron chi connectivity index (χ2n) is 6.54. The first-order valence-corrected chi connectivity index (χ1v) is 8.86. The molecule has 3 aromatic rings. The molecule has 2 aliphatic rings. The Morgan fingerprint density at radius 3 is 2.68 bits per heavy atom. The lowest BCUT2D eigenvalue weighted by Gasteiger charge is -2.21. The van der Waals surface area contributed by atoms with Gasteiger partial charge in [0.2, 0.25) is 5.78 Å². The van der Waals surface area contributed by atoms with E-state index >= 15 is 0 Å². The summed E-state index contributed by atoms with van der Waals surface area (Å²) in [5.41, 5.74) is 3.84. The predicted octanol–water partition coefficient (Wildman–Crippen LogP) is 5.48. The van der Waals surface area contributed by atoms with Gasteiger partial charge in [0, 0.05) is 23.3 Å². The fourth-order valence-electron chi connectivity index (χ4n) is 3.43. The molecule has 1 aliphatic carbocycles. The smallest absolute Gasteiger partial charge is 0.360 e. The SMILES string of the molecule is O=C1C(=Cc2cc[o+]c3ccccc23)C(O)=C1C=C1C=COc2ccccc21. The normalized spacial score (nSPS) is 18.4. The van der Waals surface area contributed by atoms with Crippen molar-refractivity contribution in [3.05, 3.63) is 107 Å². The lowest BCUT2D eigenvalue weighted by atomic mass is 9.84. The number of benzene rings is 2. The molecule has 0 saturated carbocycles. The zero-order chi connectivity index (χ0) is 19.1. The Morgan fingerprint density at radius 2 is 1.79 bits per heavy atom. The fourth-order valence-corrected chi connectivity index (χ4v) is 3.43. The van der Waals surface area contributed by atoms with Gasteiger partial charge in [-0.3, -0.25) is 4.79 Å². The zero-order valence-electron chi connectivity index (χ0n) is 14.8. The minimum atomic E-state index is -0.188. The Kier molecular flexibility index (Phi) is 3.69. The number of Topliss-reactive ketones (excluding diaryl/α,β-unsaturated/α-hetero) is 1. The number of rotatable bonds is 2. The number of ether oxygens (including phenoxy) is 1. The third-order valence-electron chi connectivity index (χ3n) is 4.88. The fraction of sp³-hybridized carbons (Fsp3) is 0. The average molecular weight is 367 g/mol. The molecule has 2 aromatic carbocycles. The summed E-state index contributed by atoms with van der Waals surface area (Å²) in [4.78, 5) is 12.7. The first-order valence-electron chi connectivity index (χ1n) is 8.86. The van der Waals surface area contributed by atoms with Crippen molar-refractivity contribution < 1.29 is 19.1 Å². The third-order valence-corrected chi connectivity index (χ3v) is 4.88. The number of hydrogen-bond donors (Lipinski definition) is 1. The van der Waals surface area contributed by atoms with Crippen LogP contribution in [0.5, 0.6) is 5.75 Å². The monoisotopic (exact) mass is 367 g/mol. The van der Waals surface area contributed by atoms with E-state index in [2.05, 4.69) is 0 Å². The van der Waals surface area contributed by atoms with Gasteiger partial charge < -0.3 is 9.84 Å². The Balaban J connectivity index is 1.56. The molecule has 0 amide bonds. The lowest BCUT2D eigenvalue weighted by molar-refractivity contribution is -0.113. The van der Waals surface area contributed by atoms with E-state index in [0.29, 0.717) is 11.1 Å². The highest BCUT2D eigenvalue weighted by Gasteiger charge is 2.33. The average Bonchev–Trinajstić information content (AvgIpc) is 2.75. The molecule has 1 aromatic heterocycles. The van der Waals surface area contributed by atoms with E-state index in [1.807, 2.05) is 48.5 Å². The molecule has 28 heavy (non-hydrogen) atoms. The number of ketones is 1. The first-order chi connectivity index (χ1) is 13.7. The highest BCUT2D eigenvalue weighted by molar-refractivity contribution is 6.24. The van der Waals surface area contributed by atoms with Crippen LogP contribution in [-0.4, -0.2) is 10.9 Å². The van der Waals surface area contributed by atoms with E-state index < -0.39 is 0 Å². The van der Waals surface area contributed by atoms with Crippen LogP contribution < -0.4 is 4.74 Å². The van der Waals surface area contributed by atoms with Crippen molar-refractivity contribution >= 4 is 28.4 Å². The van der Waals surface area contributed by atoms with Crippen molar-refractivity contribution in [3.8, 4) is 5.75 Å². The molecule has 0 unspecified atom stereocenters. The number of aliphatic hydroxyl groups excluding tert-OH is 1. The van der Waals surface area contributed by atoms with Gasteiger partial charge in [-0.25, -0.2) is 4.42 Å². The molecule has 0 atom stereocenters. The van der Waals surface area contributed by atoms with Crippen LogP contribution in [0.25, 0.3) is 22.6 Å². The Morgan fingerprint density at radius 1 is 0.964 bits per heavy atom.